The lowest BCUT2D eigenvalue weighted by atomic mass is 10.0. The Bertz CT molecular complexity index is 792. The van der Waals surface area contributed by atoms with Crippen LogP contribution in [0, 0.1) is 0 Å². The fraction of sp³-hybridized carbons (Fsp3) is 0.0625. The molecule has 0 unspecified atom stereocenters. The maximum Gasteiger partial charge on any atom is 0.323 e. The number of fused-ring (bicyclic) bond motifs is 1. The zero-order valence-electron chi connectivity index (χ0n) is 10.6. The van der Waals surface area contributed by atoms with Crippen LogP contribution in [-0.2, 0) is 11.3 Å². The minimum Gasteiger partial charge on any atom is -0.480 e. The minimum absolute atomic E-state index is 0.0328. The number of halogens is 1. The first kappa shape index (κ1) is 12.8. The molecule has 0 atom stereocenters. The van der Waals surface area contributed by atoms with E-state index in [0.717, 1.165) is 22.0 Å². The van der Waals surface area contributed by atoms with Crippen molar-refractivity contribution < 1.29 is 9.90 Å². The fourth-order valence-corrected chi connectivity index (χ4v) is 2.59. The van der Waals surface area contributed by atoms with Crippen LogP contribution in [0.25, 0.3) is 22.0 Å². The Morgan fingerprint density at radius 1 is 1.15 bits per heavy atom. The minimum atomic E-state index is -0.849. The highest BCUT2D eigenvalue weighted by Crippen LogP contribution is 2.30. The summed E-state index contributed by atoms with van der Waals surface area (Å²) in [7, 11) is 0. The maximum atomic E-state index is 10.8. The smallest absolute Gasteiger partial charge is 0.323 e. The second-order valence-corrected chi connectivity index (χ2v) is 5.00. The third kappa shape index (κ3) is 2.28. The zero-order valence-corrected chi connectivity index (χ0v) is 11.3. The second-order valence-electron chi connectivity index (χ2n) is 4.59. The van der Waals surface area contributed by atoms with Crippen molar-refractivity contribution in [3.8, 4) is 11.1 Å². The van der Waals surface area contributed by atoms with Gasteiger partial charge in [0.15, 0.2) is 0 Å². The zero-order chi connectivity index (χ0) is 14.1. The predicted octanol–water partition coefficient (Wildman–Crippen LogP) is 4.05. The summed E-state index contributed by atoms with van der Waals surface area (Å²) in [6.07, 6.45) is 1.79. The van der Waals surface area contributed by atoms with Crippen molar-refractivity contribution in [2.45, 2.75) is 6.54 Å². The van der Waals surface area contributed by atoms with E-state index < -0.39 is 5.97 Å². The summed E-state index contributed by atoms with van der Waals surface area (Å²) in [6, 6.07) is 15.5. The van der Waals surface area contributed by atoms with Crippen LogP contribution in [0.15, 0.2) is 54.7 Å². The Morgan fingerprint density at radius 2 is 1.95 bits per heavy atom. The van der Waals surface area contributed by atoms with Crippen molar-refractivity contribution in [2.75, 3.05) is 0 Å². The normalized spacial score (nSPS) is 10.8. The highest BCUT2D eigenvalue weighted by atomic mass is 35.5. The molecule has 0 fully saturated rings. The number of rotatable bonds is 3. The van der Waals surface area contributed by atoms with Gasteiger partial charge in [-0.1, -0.05) is 35.9 Å². The van der Waals surface area contributed by atoms with Crippen LogP contribution in [0.3, 0.4) is 0 Å². The summed E-state index contributed by atoms with van der Waals surface area (Å²) >= 11 is 6.20. The maximum absolute atomic E-state index is 10.8. The molecule has 0 aliphatic rings. The number of carboxylic acid groups (broad SMARTS) is 1. The number of carbonyl (C=O) groups is 1. The van der Waals surface area contributed by atoms with Gasteiger partial charge >= 0.3 is 5.97 Å². The third-order valence-electron chi connectivity index (χ3n) is 3.26. The van der Waals surface area contributed by atoms with E-state index in [9.17, 15) is 4.79 Å². The molecular weight excluding hydrogens is 274 g/mol. The lowest BCUT2D eigenvalue weighted by Gasteiger charge is -2.06. The van der Waals surface area contributed by atoms with E-state index in [2.05, 4.69) is 0 Å². The van der Waals surface area contributed by atoms with Crippen LogP contribution in [0.5, 0.6) is 0 Å². The first-order chi connectivity index (χ1) is 9.65. The molecule has 0 radical (unpaired) electrons. The average molecular weight is 286 g/mol. The molecule has 0 aliphatic heterocycles. The van der Waals surface area contributed by atoms with Gasteiger partial charge < -0.3 is 9.67 Å². The Kier molecular flexibility index (Phi) is 3.20. The van der Waals surface area contributed by atoms with E-state index >= 15 is 0 Å². The second kappa shape index (κ2) is 5.02. The summed E-state index contributed by atoms with van der Waals surface area (Å²) in [5.41, 5.74) is 2.90. The first-order valence-electron chi connectivity index (χ1n) is 6.21. The van der Waals surface area contributed by atoms with Crippen LogP contribution in [-0.4, -0.2) is 15.6 Å². The van der Waals surface area contributed by atoms with Gasteiger partial charge in [-0.3, -0.25) is 4.79 Å². The summed E-state index contributed by atoms with van der Waals surface area (Å²) in [4.78, 5) is 10.8. The van der Waals surface area contributed by atoms with E-state index in [1.807, 2.05) is 48.5 Å². The van der Waals surface area contributed by atoms with Crippen molar-refractivity contribution in [2.24, 2.45) is 0 Å². The van der Waals surface area contributed by atoms with Gasteiger partial charge in [-0.15, -0.1) is 0 Å². The van der Waals surface area contributed by atoms with Crippen LogP contribution in [0.2, 0.25) is 5.02 Å². The monoisotopic (exact) mass is 285 g/mol. The van der Waals surface area contributed by atoms with Crippen molar-refractivity contribution in [1.82, 2.24) is 4.57 Å². The molecule has 0 amide bonds. The molecular formula is C16H12ClNO2. The van der Waals surface area contributed by atoms with E-state index in [1.54, 1.807) is 10.8 Å². The van der Waals surface area contributed by atoms with E-state index in [4.69, 9.17) is 16.7 Å². The quantitative estimate of drug-likeness (QED) is 0.789. The molecule has 3 rings (SSSR count). The Labute approximate surface area is 121 Å². The molecule has 0 bridgehead atoms. The van der Waals surface area contributed by atoms with Crippen molar-refractivity contribution in [3.05, 3.63) is 59.8 Å². The number of hydrogen-bond acceptors (Lipinski definition) is 1. The van der Waals surface area contributed by atoms with Gasteiger partial charge in [-0.2, -0.15) is 0 Å². The summed E-state index contributed by atoms with van der Waals surface area (Å²) in [6.45, 7) is -0.0328. The molecule has 1 aromatic heterocycles. The number of benzene rings is 2. The summed E-state index contributed by atoms with van der Waals surface area (Å²) in [5.74, 6) is -0.849. The molecule has 100 valence electrons. The third-order valence-corrected chi connectivity index (χ3v) is 3.59. The molecule has 2 aromatic carbocycles. The van der Waals surface area contributed by atoms with Crippen LogP contribution in [0.4, 0.5) is 0 Å². The summed E-state index contributed by atoms with van der Waals surface area (Å²) in [5, 5.41) is 10.6. The van der Waals surface area contributed by atoms with Crippen LogP contribution < -0.4 is 0 Å². The number of aliphatic carboxylic acids is 1. The van der Waals surface area contributed by atoms with E-state index in [1.165, 1.54) is 0 Å². The molecule has 0 aliphatic carbocycles. The van der Waals surface area contributed by atoms with Gasteiger partial charge in [0.05, 0.1) is 0 Å². The van der Waals surface area contributed by atoms with E-state index in [-0.39, 0.29) is 6.54 Å². The van der Waals surface area contributed by atoms with E-state index in [0.29, 0.717) is 5.02 Å². The lowest BCUT2D eigenvalue weighted by Crippen LogP contribution is -2.06. The average Bonchev–Trinajstić information content (AvgIpc) is 2.81. The van der Waals surface area contributed by atoms with Crippen molar-refractivity contribution in [3.63, 3.8) is 0 Å². The Morgan fingerprint density at radius 3 is 2.70 bits per heavy atom. The fourth-order valence-electron chi connectivity index (χ4n) is 2.35. The van der Waals surface area contributed by atoms with Crippen LogP contribution in [0.1, 0.15) is 0 Å². The molecule has 3 nitrogen and oxygen atoms in total. The van der Waals surface area contributed by atoms with Crippen LogP contribution >= 0.6 is 11.6 Å². The van der Waals surface area contributed by atoms with Gasteiger partial charge in [0.2, 0.25) is 0 Å². The van der Waals surface area contributed by atoms with Gasteiger partial charge in [0.25, 0.3) is 0 Å². The largest absolute Gasteiger partial charge is 0.480 e. The molecule has 0 saturated carbocycles. The number of hydrogen-bond donors (Lipinski definition) is 1. The number of carboxylic acids is 1. The summed E-state index contributed by atoms with van der Waals surface area (Å²) < 4.78 is 1.72. The standard InChI is InChI=1S/C16H12ClNO2/c17-14-4-2-1-3-13(14)11-5-6-15-12(9-11)7-8-18(15)10-16(19)20/h1-9H,10H2,(H,19,20). The van der Waals surface area contributed by atoms with Gasteiger partial charge in [0, 0.05) is 27.7 Å². The molecule has 20 heavy (non-hydrogen) atoms. The Balaban J connectivity index is 2.09. The van der Waals surface area contributed by atoms with Gasteiger partial charge in [-0.05, 0) is 29.8 Å². The first-order valence-corrected chi connectivity index (χ1v) is 6.58. The number of aromatic nitrogens is 1. The van der Waals surface area contributed by atoms with Gasteiger partial charge in [0.1, 0.15) is 6.54 Å². The molecule has 1 N–H and O–H groups in total. The highest BCUT2D eigenvalue weighted by molar-refractivity contribution is 6.33. The molecule has 3 aromatic rings. The van der Waals surface area contributed by atoms with Crippen molar-refractivity contribution >= 4 is 28.5 Å². The Hall–Kier alpha value is -2.26. The number of nitrogens with zero attached hydrogens (tertiary/aromatic N) is 1. The molecule has 0 spiro atoms. The topological polar surface area (TPSA) is 42.2 Å². The molecule has 4 heteroatoms. The predicted molar refractivity (Wildman–Crippen MR) is 80.0 cm³/mol. The van der Waals surface area contributed by atoms with Crippen molar-refractivity contribution in [1.29, 1.82) is 0 Å². The SMILES string of the molecule is O=C(O)Cn1ccc2cc(-c3ccccc3Cl)ccc21. The molecule has 1 heterocycles. The van der Waals surface area contributed by atoms with Gasteiger partial charge in [-0.25, -0.2) is 0 Å². The molecule has 0 saturated heterocycles. The highest BCUT2D eigenvalue weighted by Gasteiger charge is 2.07. The lowest BCUT2D eigenvalue weighted by molar-refractivity contribution is -0.137.